The Bertz CT molecular complexity index is 763. The third-order valence-electron chi connectivity index (χ3n) is 6.26. The van der Waals surface area contributed by atoms with Crippen molar-refractivity contribution in [2.45, 2.75) is 90.6 Å². The summed E-state index contributed by atoms with van der Waals surface area (Å²) in [7, 11) is 1.47. The van der Waals surface area contributed by atoms with Crippen LogP contribution < -0.4 is 10.4 Å². The number of ether oxygens (including phenoxy) is 1. The number of piperidine rings is 1. The molecule has 1 amide bonds. The van der Waals surface area contributed by atoms with E-state index in [1.807, 2.05) is 65.3 Å². The fourth-order valence-corrected chi connectivity index (χ4v) is 3.78. The van der Waals surface area contributed by atoms with Crippen molar-refractivity contribution in [3.05, 3.63) is 12.4 Å². The minimum Gasteiger partial charge on any atom is -0.444 e. The van der Waals surface area contributed by atoms with Gasteiger partial charge in [0, 0.05) is 38.0 Å². The van der Waals surface area contributed by atoms with Crippen molar-refractivity contribution >= 4 is 24.6 Å². The third-order valence-corrected chi connectivity index (χ3v) is 6.26. The van der Waals surface area contributed by atoms with E-state index in [-0.39, 0.29) is 12.1 Å². The predicted octanol–water partition coefficient (Wildman–Crippen LogP) is 3.00. The average Bonchev–Trinajstić information content (AvgIpc) is 2.88. The summed E-state index contributed by atoms with van der Waals surface area (Å²) in [6.45, 7) is 15.1. The number of anilines is 1. The smallest absolute Gasteiger partial charge is 0.444 e. The second kappa shape index (κ2) is 8.58. The molecular weight excluding hydrogens is 395 g/mol. The van der Waals surface area contributed by atoms with Crippen LogP contribution >= 0.6 is 0 Å². The zero-order valence-corrected chi connectivity index (χ0v) is 20.3. The van der Waals surface area contributed by atoms with E-state index in [4.69, 9.17) is 14.0 Å². The molecule has 0 N–H and O–H groups in total. The predicted molar refractivity (Wildman–Crippen MR) is 122 cm³/mol. The summed E-state index contributed by atoms with van der Waals surface area (Å²) < 4.78 is 17.8. The van der Waals surface area contributed by atoms with E-state index < -0.39 is 23.9 Å². The van der Waals surface area contributed by atoms with Crippen LogP contribution in [-0.4, -0.2) is 71.1 Å². The lowest BCUT2D eigenvalue weighted by Gasteiger charge is -2.38. The van der Waals surface area contributed by atoms with Crippen molar-refractivity contribution < 1.29 is 18.8 Å². The van der Waals surface area contributed by atoms with Crippen LogP contribution in [0.5, 0.6) is 0 Å². The SMILES string of the molecule is CN(CC1CCCCN1C(=O)OC(C)(C)C)c1ncc(B2OC(C)(C)C(C)(C)O2)cn1. The zero-order chi connectivity index (χ0) is 23.0. The van der Waals surface area contributed by atoms with Crippen molar-refractivity contribution in [3.63, 3.8) is 0 Å². The first-order valence-electron chi connectivity index (χ1n) is 11.2. The monoisotopic (exact) mass is 432 g/mol. The van der Waals surface area contributed by atoms with Gasteiger partial charge in [0.2, 0.25) is 5.95 Å². The number of rotatable bonds is 4. The van der Waals surface area contributed by atoms with E-state index in [0.717, 1.165) is 31.3 Å². The maximum Gasteiger partial charge on any atom is 0.498 e. The molecule has 3 heterocycles. The minimum absolute atomic E-state index is 0.0694. The molecule has 8 nitrogen and oxygen atoms in total. The summed E-state index contributed by atoms with van der Waals surface area (Å²) in [5.74, 6) is 0.606. The van der Waals surface area contributed by atoms with Gasteiger partial charge in [-0.15, -0.1) is 0 Å². The van der Waals surface area contributed by atoms with E-state index in [1.165, 1.54) is 0 Å². The average molecular weight is 432 g/mol. The molecule has 0 aromatic carbocycles. The van der Waals surface area contributed by atoms with Crippen LogP contribution in [0.2, 0.25) is 0 Å². The van der Waals surface area contributed by atoms with Gasteiger partial charge in [0.05, 0.1) is 17.2 Å². The van der Waals surface area contributed by atoms with Gasteiger partial charge in [0.25, 0.3) is 0 Å². The normalized spacial score (nSPS) is 23.0. The summed E-state index contributed by atoms with van der Waals surface area (Å²) in [5, 5.41) is 0. The van der Waals surface area contributed by atoms with E-state index >= 15 is 0 Å². The topological polar surface area (TPSA) is 77.0 Å². The Morgan fingerprint density at radius 2 is 1.77 bits per heavy atom. The van der Waals surface area contributed by atoms with Crippen molar-refractivity contribution in [2.24, 2.45) is 0 Å². The summed E-state index contributed by atoms with van der Waals surface area (Å²) in [5.41, 5.74) is -0.514. The van der Waals surface area contributed by atoms with Crippen LogP contribution in [0.4, 0.5) is 10.7 Å². The van der Waals surface area contributed by atoms with Crippen LogP contribution in [0.1, 0.15) is 67.7 Å². The molecule has 0 bridgehead atoms. The third kappa shape index (κ3) is 5.50. The van der Waals surface area contributed by atoms with E-state index in [1.54, 1.807) is 12.4 Å². The quantitative estimate of drug-likeness (QED) is 0.677. The molecule has 9 heteroatoms. The molecule has 172 valence electrons. The molecule has 0 aliphatic carbocycles. The first-order valence-corrected chi connectivity index (χ1v) is 11.2. The Hall–Kier alpha value is -1.87. The first kappa shape index (κ1) is 23.8. The Kier molecular flexibility index (Phi) is 6.59. The molecule has 2 aliphatic heterocycles. The molecule has 31 heavy (non-hydrogen) atoms. The van der Waals surface area contributed by atoms with Gasteiger partial charge in [0.1, 0.15) is 5.60 Å². The fourth-order valence-electron chi connectivity index (χ4n) is 3.78. The van der Waals surface area contributed by atoms with Crippen molar-refractivity contribution in [1.82, 2.24) is 14.9 Å². The van der Waals surface area contributed by atoms with Gasteiger partial charge in [-0.25, -0.2) is 14.8 Å². The largest absolute Gasteiger partial charge is 0.498 e. The van der Waals surface area contributed by atoms with E-state index in [9.17, 15) is 4.79 Å². The molecule has 2 fully saturated rings. The van der Waals surface area contributed by atoms with E-state index in [2.05, 4.69) is 9.97 Å². The molecule has 2 aliphatic rings. The Morgan fingerprint density at radius 3 is 2.32 bits per heavy atom. The standard InChI is InChI=1S/C22H37BN4O4/c1-20(2,3)29-19(28)27-12-10-9-11-17(27)15-26(8)18-24-13-16(14-25-18)23-30-21(4,5)22(6,7)31-23/h13-14,17H,9-12,15H2,1-8H3. The highest BCUT2D eigenvalue weighted by Crippen LogP contribution is 2.36. The first-order chi connectivity index (χ1) is 14.3. The lowest BCUT2D eigenvalue weighted by molar-refractivity contribution is 0.00578. The second-order valence-corrected chi connectivity index (χ2v) is 10.6. The number of aromatic nitrogens is 2. The number of nitrogens with zero attached hydrogens (tertiary/aromatic N) is 4. The summed E-state index contributed by atoms with van der Waals surface area (Å²) in [6, 6.07) is 0.0694. The van der Waals surface area contributed by atoms with Crippen molar-refractivity contribution in [1.29, 1.82) is 0 Å². The highest BCUT2D eigenvalue weighted by Gasteiger charge is 2.52. The van der Waals surface area contributed by atoms with Crippen molar-refractivity contribution in [2.75, 3.05) is 25.0 Å². The molecule has 0 saturated carbocycles. The highest BCUT2D eigenvalue weighted by atomic mass is 16.7. The van der Waals surface area contributed by atoms with Crippen LogP contribution in [0.3, 0.4) is 0 Å². The van der Waals surface area contributed by atoms with Gasteiger partial charge in [-0.1, -0.05) is 0 Å². The molecule has 3 rings (SSSR count). The molecule has 1 aromatic rings. The number of amides is 1. The highest BCUT2D eigenvalue weighted by molar-refractivity contribution is 6.61. The summed E-state index contributed by atoms with van der Waals surface area (Å²) >= 11 is 0. The van der Waals surface area contributed by atoms with Crippen LogP contribution in [-0.2, 0) is 14.0 Å². The number of carbonyl (C=O) groups is 1. The van der Waals surface area contributed by atoms with Crippen molar-refractivity contribution in [3.8, 4) is 0 Å². The summed E-state index contributed by atoms with van der Waals surface area (Å²) in [4.78, 5) is 25.6. The molecule has 2 saturated heterocycles. The number of hydrogen-bond acceptors (Lipinski definition) is 7. The molecular formula is C22H37BN4O4. The minimum atomic E-state index is -0.503. The molecule has 0 radical (unpaired) electrons. The lowest BCUT2D eigenvalue weighted by atomic mass is 9.81. The number of hydrogen-bond donors (Lipinski definition) is 0. The van der Waals surface area contributed by atoms with Crippen LogP contribution in [0, 0.1) is 0 Å². The van der Waals surface area contributed by atoms with Gasteiger partial charge >= 0.3 is 13.2 Å². The second-order valence-electron chi connectivity index (χ2n) is 10.6. The van der Waals surface area contributed by atoms with Gasteiger partial charge in [-0.05, 0) is 67.7 Å². The molecule has 1 atom stereocenters. The van der Waals surface area contributed by atoms with Gasteiger partial charge in [0.15, 0.2) is 0 Å². The van der Waals surface area contributed by atoms with Crippen LogP contribution in [0.15, 0.2) is 12.4 Å². The number of carbonyl (C=O) groups excluding carboxylic acids is 1. The van der Waals surface area contributed by atoms with Gasteiger partial charge < -0.3 is 23.8 Å². The van der Waals surface area contributed by atoms with E-state index in [0.29, 0.717) is 12.5 Å². The number of likely N-dealkylation sites (N-methyl/N-ethyl adjacent to an activating group) is 1. The maximum absolute atomic E-state index is 12.7. The van der Waals surface area contributed by atoms with Gasteiger partial charge in [-0.3, -0.25) is 0 Å². The zero-order valence-electron chi connectivity index (χ0n) is 20.3. The number of likely N-dealkylation sites (tertiary alicyclic amines) is 1. The Balaban J connectivity index is 1.65. The Morgan fingerprint density at radius 1 is 1.19 bits per heavy atom. The van der Waals surface area contributed by atoms with Gasteiger partial charge in [-0.2, -0.15) is 0 Å². The Labute approximate surface area is 186 Å². The maximum atomic E-state index is 12.7. The molecule has 1 unspecified atom stereocenters. The fraction of sp³-hybridized carbons (Fsp3) is 0.773. The summed E-state index contributed by atoms with van der Waals surface area (Å²) in [6.07, 6.45) is 6.30. The van der Waals surface area contributed by atoms with Crippen LogP contribution in [0.25, 0.3) is 0 Å². The molecule has 1 aromatic heterocycles. The molecule has 0 spiro atoms. The lowest BCUT2D eigenvalue weighted by Crippen LogP contribution is -2.50.